The van der Waals surface area contributed by atoms with Gasteiger partial charge in [0.2, 0.25) is 0 Å². The van der Waals surface area contributed by atoms with Gasteiger partial charge in [-0.05, 0) is 19.4 Å². The largest absolute Gasteiger partial charge is 0.394 e. The van der Waals surface area contributed by atoms with Crippen LogP contribution >= 0.6 is 0 Å². The second-order valence-corrected chi connectivity index (χ2v) is 7.46. The molecule has 0 radical (unpaired) electrons. The summed E-state index contributed by atoms with van der Waals surface area (Å²) in [6, 6.07) is 10.3. The van der Waals surface area contributed by atoms with Crippen molar-refractivity contribution in [1.29, 1.82) is 0 Å². The van der Waals surface area contributed by atoms with E-state index >= 15 is 0 Å². The molecule has 4 rings (SSSR count). The normalized spacial score (nSPS) is 24.5. The van der Waals surface area contributed by atoms with Gasteiger partial charge in [0.1, 0.15) is 24.6 Å². The predicted molar refractivity (Wildman–Crippen MR) is 106 cm³/mol. The van der Waals surface area contributed by atoms with Crippen LogP contribution in [0.4, 0.5) is 5.82 Å². The van der Waals surface area contributed by atoms with Crippen molar-refractivity contribution in [1.82, 2.24) is 19.5 Å². The van der Waals surface area contributed by atoms with Crippen molar-refractivity contribution < 1.29 is 20.1 Å². The summed E-state index contributed by atoms with van der Waals surface area (Å²) >= 11 is 0. The summed E-state index contributed by atoms with van der Waals surface area (Å²) in [5, 5.41) is 29.8. The van der Waals surface area contributed by atoms with Crippen molar-refractivity contribution in [3.63, 3.8) is 0 Å². The van der Waals surface area contributed by atoms with Crippen molar-refractivity contribution in [3.05, 3.63) is 48.5 Å². The molecule has 9 nitrogen and oxygen atoms in total. The first-order chi connectivity index (χ1) is 14.0. The minimum Gasteiger partial charge on any atom is -0.394 e. The van der Waals surface area contributed by atoms with Gasteiger partial charge in [0.05, 0.1) is 12.9 Å². The van der Waals surface area contributed by atoms with Crippen molar-refractivity contribution in [3.8, 4) is 0 Å². The minimum absolute atomic E-state index is 0.160. The lowest BCUT2D eigenvalue weighted by atomic mass is 10.1. The molecule has 3 aromatic rings. The molecule has 29 heavy (non-hydrogen) atoms. The topological polar surface area (TPSA) is 117 Å². The number of hydrogen-bond acceptors (Lipinski definition) is 8. The molecule has 2 aromatic heterocycles. The lowest BCUT2D eigenvalue weighted by Gasteiger charge is -2.28. The van der Waals surface area contributed by atoms with Gasteiger partial charge in [-0.15, -0.1) is 0 Å². The third kappa shape index (κ3) is 3.58. The lowest BCUT2D eigenvalue weighted by Crippen LogP contribution is -2.33. The van der Waals surface area contributed by atoms with E-state index in [9.17, 15) is 15.3 Å². The molecule has 0 spiro atoms. The number of ether oxygens (including phenoxy) is 1. The fourth-order valence-electron chi connectivity index (χ4n) is 3.63. The monoisotopic (exact) mass is 399 g/mol. The highest BCUT2D eigenvalue weighted by Crippen LogP contribution is 2.33. The van der Waals surface area contributed by atoms with E-state index in [-0.39, 0.29) is 12.6 Å². The van der Waals surface area contributed by atoms with Crippen LogP contribution in [0.5, 0.6) is 0 Å². The Hall–Kier alpha value is -2.59. The average Bonchev–Trinajstić information content (AvgIpc) is 3.28. The molecular formula is C20H25N5O4. The number of aliphatic hydroxyl groups excluding tert-OH is 3. The summed E-state index contributed by atoms with van der Waals surface area (Å²) < 4.78 is 7.20. The number of fused-ring (bicyclic) bond motifs is 1. The van der Waals surface area contributed by atoms with Gasteiger partial charge in [0.15, 0.2) is 23.2 Å². The van der Waals surface area contributed by atoms with Crippen LogP contribution in [0.2, 0.25) is 0 Å². The molecule has 0 unspecified atom stereocenters. The van der Waals surface area contributed by atoms with Gasteiger partial charge < -0.3 is 25.0 Å². The van der Waals surface area contributed by atoms with Gasteiger partial charge in [-0.1, -0.05) is 30.3 Å². The zero-order chi connectivity index (χ0) is 20.5. The zero-order valence-electron chi connectivity index (χ0n) is 16.3. The minimum atomic E-state index is -1.20. The molecular weight excluding hydrogens is 374 g/mol. The molecule has 9 heteroatoms. The van der Waals surface area contributed by atoms with Crippen LogP contribution in [0.3, 0.4) is 0 Å². The van der Waals surface area contributed by atoms with Gasteiger partial charge in [-0.3, -0.25) is 4.57 Å². The van der Waals surface area contributed by atoms with E-state index < -0.39 is 24.5 Å². The first kappa shape index (κ1) is 19.7. The molecule has 0 aliphatic carbocycles. The summed E-state index contributed by atoms with van der Waals surface area (Å²) in [5.74, 6) is 0.680. The van der Waals surface area contributed by atoms with Crippen molar-refractivity contribution in [2.45, 2.75) is 51.0 Å². The van der Waals surface area contributed by atoms with Crippen LogP contribution in [-0.2, 0) is 11.3 Å². The predicted octanol–water partition coefficient (Wildman–Crippen LogP) is 0.853. The number of aromatic nitrogens is 4. The average molecular weight is 399 g/mol. The fraction of sp³-hybridized carbons (Fsp3) is 0.450. The van der Waals surface area contributed by atoms with E-state index in [4.69, 9.17) is 4.74 Å². The van der Waals surface area contributed by atoms with Crippen molar-refractivity contribution in [2.75, 3.05) is 11.5 Å². The van der Waals surface area contributed by atoms with Crippen LogP contribution in [0.15, 0.2) is 43.0 Å². The van der Waals surface area contributed by atoms with Gasteiger partial charge in [0.25, 0.3) is 0 Å². The Kier molecular flexibility index (Phi) is 5.46. The summed E-state index contributed by atoms with van der Waals surface area (Å²) in [6.07, 6.45) is -1.17. The second kappa shape index (κ2) is 8.03. The molecule has 154 valence electrons. The summed E-state index contributed by atoms with van der Waals surface area (Å²) in [4.78, 5) is 15.4. The van der Waals surface area contributed by atoms with Crippen LogP contribution in [0.25, 0.3) is 11.2 Å². The molecule has 0 saturated carbocycles. The van der Waals surface area contributed by atoms with Crippen LogP contribution in [0, 0.1) is 0 Å². The maximum atomic E-state index is 10.4. The SMILES string of the molecule is CC(C)N(Cc1ccccc1)c1ncnc2c1ncn2[C@@H]1O[C@H](CO)[C@@H](O)[C@H]1O. The zero-order valence-corrected chi connectivity index (χ0v) is 16.3. The number of hydrogen-bond donors (Lipinski definition) is 3. The Labute approximate surface area is 168 Å². The molecule has 1 saturated heterocycles. The van der Waals surface area contributed by atoms with Crippen molar-refractivity contribution >= 4 is 17.0 Å². The van der Waals surface area contributed by atoms with Crippen LogP contribution in [-0.4, -0.2) is 65.8 Å². The first-order valence-corrected chi connectivity index (χ1v) is 9.61. The molecule has 1 aromatic carbocycles. The quantitative estimate of drug-likeness (QED) is 0.559. The smallest absolute Gasteiger partial charge is 0.167 e. The van der Waals surface area contributed by atoms with Gasteiger partial charge in [-0.25, -0.2) is 15.0 Å². The molecule has 4 atom stereocenters. The maximum absolute atomic E-state index is 10.4. The van der Waals surface area contributed by atoms with Gasteiger partial charge in [0, 0.05) is 12.6 Å². The standard InChI is InChI=1S/C20H25N5O4/c1-12(2)24(8-13-6-4-3-5-7-13)18-15-19(22-10-21-18)25(11-23-15)20-17(28)16(27)14(9-26)29-20/h3-7,10-12,14,16-17,20,26-28H,8-9H2,1-2H3/t14-,16-,17-,20-/m1/s1. The van der Waals surface area contributed by atoms with E-state index in [2.05, 4.69) is 45.8 Å². The van der Waals surface area contributed by atoms with Crippen molar-refractivity contribution in [2.24, 2.45) is 0 Å². The first-order valence-electron chi connectivity index (χ1n) is 9.61. The van der Waals surface area contributed by atoms with Gasteiger partial charge in [-0.2, -0.15) is 0 Å². The molecule has 3 N–H and O–H groups in total. The van der Waals surface area contributed by atoms with E-state index in [1.165, 1.54) is 12.7 Å². The Morgan fingerprint density at radius 1 is 1.10 bits per heavy atom. The van der Waals surface area contributed by atoms with Gasteiger partial charge >= 0.3 is 0 Å². The number of rotatable bonds is 6. The molecule has 1 aliphatic heterocycles. The number of anilines is 1. The summed E-state index contributed by atoms with van der Waals surface area (Å²) in [5.41, 5.74) is 2.22. The Bertz CT molecular complexity index is 964. The highest BCUT2D eigenvalue weighted by molar-refractivity contribution is 5.83. The number of benzene rings is 1. The maximum Gasteiger partial charge on any atom is 0.167 e. The molecule has 1 fully saturated rings. The third-order valence-corrected chi connectivity index (χ3v) is 5.22. The van der Waals surface area contributed by atoms with Crippen LogP contribution in [0.1, 0.15) is 25.6 Å². The number of aliphatic hydroxyl groups is 3. The summed E-state index contributed by atoms with van der Waals surface area (Å²) in [7, 11) is 0. The van der Waals surface area contributed by atoms with E-state index in [0.29, 0.717) is 23.5 Å². The third-order valence-electron chi connectivity index (χ3n) is 5.22. The Morgan fingerprint density at radius 3 is 2.52 bits per heavy atom. The number of imidazole rings is 1. The molecule has 0 amide bonds. The second-order valence-electron chi connectivity index (χ2n) is 7.46. The Balaban J connectivity index is 1.72. The Morgan fingerprint density at radius 2 is 1.86 bits per heavy atom. The van der Waals surface area contributed by atoms with E-state index in [1.807, 2.05) is 18.2 Å². The molecule has 0 bridgehead atoms. The highest BCUT2D eigenvalue weighted by atomic mass is 16.6. The lowest BCUT2D eigenvalue weighted by molar-refractivity contribution is -0.0511. The highest BCUT2D eigenvalue weighted by Gasteiger charge is 2.44. The fourth-order valence-corrected chi connectivity index (χ4v) is 3.63. The molecule has 3 heterocycles. The van der Waals surface area contributed by atoms with Crippen LogP contribution < -0.4 is 4.90 Å². The number of nitrogens with zero attached hydrogens (tertiary/aromatic N) is 5. The van der Waals surface area contributed by atoms with E-state index in [0.717, 1.165) is 5.56 Å². The summed E-state index contributed by atoms with van der Waals surface area (Å²) in [6.45, 7) is 4.44. The van der Waals surface area contributed by atoms with E-state index in [1.54, 1.807) is 4.57 Å². The molecule has 1 aliphatic rings.